The Morgan fingerprint density at radius 1 is 0.918 bits per heavy atom. The smallest absolute Gasteiger partial charge is 0.345 e. The number of rotatable bonds is 9. The Morgan fingerprint density at radius 2 is 1.57 bits per heavy atom. The monoisotopic (exact) mass is 681 g/mol. The van der Waals surface area contributed by atoms with Gasteiger partial charge in [0.05, 0.1) is 13.7 Å². The summed E-state index contributed by atoms with van der Waals surface area (Å²) in [5, 5.41) is 11.3. The molecular formula is C35H51N7O7. The lowest BCUT2D eigenvalue weighted by Gasteiger charge is -2.31. The number of benzene rings is 1. The summed E-state index contributed by atoms with van der Waals surface area (Å²) in [5.41, 5.74) is 2.13. The molecule has 2 aromatic rings. The minimum absolute atomic E-state index is 0.00861. The lowest BCUT2D eigenvalue weighted by Crippen LogP contribution is -2.57. The second kappa shape index (κ2) is 17.6. The lowest BCUT2D eigenvalue weighted by molar-refractivity contribution is -0.138. The molecule has 3 rings (SSSR count). The zero-order chi connectivity index (χ0) is 36.4. The van der Waals surface area contributed by atoms with Gasteiger partial charge in [0.15, 0.2) is 0 Å². The van der Waals surface area contributed by atoms with Crippen LogP contribution in [0.1, 0.15) is 70.0 Å². The van der Waals surface area contributed by atoms with Crippen LogP contribution in [0.2, 0.25) is 0 Å². The molecule has 0 bridgehead atoms. The number of aromatic amines is 1. The number of hydrogen-bond acceptors (Lipinski definition) is 8. The zero-order valence-electron chi connectivity index (χ0n) is 29.8. The Bertz CT molecular complexity index is 1530. The molecule has 1 aliphatic rings. The van der Waals surface area contributed by atoms with Gasteiger partial charge in [-0.3, -0.25) is 24.0 Å². The van der Waals surface area contributed by atoms with Crippen molar-refractivity contribution in [3.63, 3.8) is 0 Å². The Hall–Kier alpha value is -4.75. The molecule has 14 nitrogen and oxygen atoms in total. The van der Waals surface area contributed by atoms with Gasteiger partial charge in [-0.25, -0.2) is 4.79 Å². The summed E-state index contributed by atoms with van der Waals surface area (Å²) in [6.07, 6.45) is 0.690. The quantitative estimate of drug-likeness (QED) is 0.260. The van der Waals surface area contributed by atoms with E-state index in [1.165, 1.54) is 4.90 Å². The molecule has 0 saturated carbocycles. The van der Waals surface area contributed by atoms with Crippen LogP contribution in [-0.4, -0.2) is 88.8 Å². The molecule has 0 radical (unpaired) electrons. The summed E-state index contributed by atoms with van der Waals surface area (Å²) >= 11 is 0. The first-order valence-corrected chi connectivity index (χ1v) is 16.7. The van der Waals surface area contributed by atoms with Gasteiger partial charge in [0.25, 0.3) is 0 Å². The maximum Gasteiger partial charge on any atom is 0.345 e. The molecule has 1 aromatic carbocycles. The van der Waals surface area contributed by atoms with Crippen molar-refractivity contribution in [1.82, 2.24) is 36.1 Å². The van der Waals surface area contributed by atoms with Gasteiger partial charge in [-0.2, -0.15) is 4.98 Å². The van der Waals surface area contributed by atoms with Gasteiger partial charge in [0.1, 0.15) is 23.9 Å². The lowest BCUT2D eigenvalue weighted by atomic mass is 10.0. The van der Waals surface area contributed by atoms with Gasteiger partial charge in [0.2, 0.25) is 29.5 Å². The fraction of sp³-hybridized carbons (Fsp3) is 0.571. The Balaban J connectivity index is 1.95. The highest BCUT2D eigenvalue weighted by molar-refractivity contribution is 5.95. The molecule has 0 unspecified atom stereocenters. The highest BCUT2D eigenvalue weighted by Crippen LogP contribution is 2.15. The largest absolute Gasteiger partial charge is 0.497 e. The third-order valence-electron chi connectivity index (χ3n) is 8.62. The van der Waals surface area contributed by atoms with Crippen molar-refractivity contribution in [3.05, 3.63) is 57.3 Å². The minimum atomic E-state index is -1.05. The maximum atomic E-state index is 13.7. The van der Waals surface area contributed by atoms with Crippen LogP contribution < -0.4 is 31.7 Å². The molecule has 1 saturated heterocycles. The number of carbonyl (C=O) groups is 5. The molecular weight excluding hydrogens is 630 g/mol. The summed E-state index contributed by atoms with van der Waals surface area (Å²) < 4.78 is 5.23. The molecule has 0 spiro atoms. The fourth-order valence-corrected chi connectivity index (χ4v) is 5.71. The first kappa shape index (κ1) is 38.7. The van der Waals surface area contributed by atoms with Crippen molar-refractivity contribution in [2.75, 3.05) is 20.2 Å². The molecule has 49 heavy (non-hydrogen) atoms. The summed E-state index contributed by atoms with van der Waals surface area (Å²) in [7, 11) is 1.55. The number of hydrogen-bond donors (Lipinski definition) is 5. The highest BCUT2D eigenvalue weighted by Gasteiger charge is 2.32. The van der Waals surface area contributed by atoms with Crippen LogP contribution in [-0.2, 0) is 36.8 Å². The summed E-state index contributed by atoms with van der Waals surface area (Å²) in [5.74, 6) is -2.00. The van der Waals surface area contributed by atoms with Gasteiger partial charge < -0.3 is 35.9 Å². The van der Waals surface area contributed by atoms with Crippen molar-refractivity contribution in [2.45, 2.75) is 98.3 Å². The molecule has 1 aliphatic heterocycles. The number of aryl methyl sites for hydroxylation is 2. The van der Waals surface area contributed by atoms with Crippen LogP contribution in [0.5, 0.6) is 5.75 Å². The van der Waals surface area contributed by atoms with E-state index in [0.717, 1.165) is 11.1 Å². The van der Waals surface area contributed by atoms with Gasteiger partial charge >= 0.3 is 5.69 Å². The average molecular weight is 682 g/mol. The van der Waals surface area contributed by atoms with Crippen LogP contribution in [0.4, 0.5) is 0 Å². The predicted octanol–water partition coefficient (Wildman–Crippen LogP) is 1.07. The van der Waals surface area contributed by atoms with E-state index in [-0.39, 0.29) is 56.5 Å². The molecule has 2 heterocycles. The van der Waals surface area contributed by atoms with Crippen LogP contribution in [0.25, 0.3) is 0 Å². The van der Waals surface area contributed by atoms with Crippen molar-refractivity contribution in [2.24, 2.45) is 11.8 Å². The molecule has 0 aliphatic carbocycles. The first-order valence-electron chi connectivity index (χ1n) is 16.7. The number of nitrogens with one attached hydrogen (secondary N) is 5. The van der Waals surface area contributed by atoms with Crippen LogP contribution in [0.15, 0.2) is 29.1 Å². The first-order chi connectivity index (χ1) is 23.1. The summed E-state index contributed by atoms with van der Waals surface area (Å²) in [4.78, 5) is 87.7. The molecule has 1 fully saturated rings. The van der Waals surface area contributed by atoms with E-state index in [0.29, 0.717) is 17.1 Å². The topological polar surface area (TPSA) is 192 Å². The Kier molecular flexibility index (Phi) is 13.9. The molecule has 4 atom stereocenters. The normalized spacial score (nSPS) is 21.3. The number of H-pyrrole nitrogens is 1. The van der Waals surface area contributed by atoms with Crippen LogP contribution in [0.3, 0.4) is 0 Å². The molecule has 268 valence electrons. The number of amides is 5. The van der Waals surface area contributed by atoms with E-state index >= 15 is 0 Å². The van der Waals surface area contributed by atoms with Crippen molar-refractivity contribution >= 4 is 29.5 Å². The number of carbonyl (C=O) groups excluding carboxylic acids is 5. The summed E-state index contributed by atoms with van der Waals surface area (Å²) in [6.45, 7) is 12.2. The van der Waals surface area contributed by atoms with E-state index < -0.39 is 53.5 Å². The van der Waals surface area contributed by atoms with E-state index in [2.05, 4.69) is 31.2 Å². The third-order valence-corrected chi connectivity index (χ3v) is 8.62. The Labute approximate surface area is 287 Å². The highest BCUT2D eigenvalue weighted by atomic mass is 16.5. The van der Waals surface area contributed by atoms with Gasteiger partial charge in [-0.1, -0.05) is 39.8 Å². The standard InChI is InChI=1S/C35H51N7O7/c1-19(2)15-27-34(47)40-28(16-24-9-11-25(49-8)12-10-24)33(46)36-23(7)32(45)41-29(20(3)4)17-42(18-30(43)39-27)31(44)14-13-26-21(5)37-35(48)38-22(26)6/h9-12,19-20,23,27-29H,13-18H2,1-8H3,(H,36,46)(H,39,43)(H,40,47)(H,41,45)(H,37,38,48)/t23-,27+,28+,29-/m1/s1. The van der Waals surface area contributed by atoms with Crippen molar-refractivity contribution in [3.8, 4) is 5.75 Å². The molecule has 5 amide bonds. The fourth-order valence-electron chi connectivity index (χ4n) is 5.71. The number of methoxy groups -OCH3 is 1. The van der Waals surface area contributed by atoms with Gasteiger partial charge in [-0.15, -0.1) is 0 Å². The van der Waals surface area contributed by atoms with Crippen LogP contribution >= 0.6 is 0 Å². The Morgan fingerprint density at radius 3 is 2.16 bits per heavy atom. The van der Waals surface area contributed by atoms with Gasteiger partial charge in [-0.05, 0) is 68.7 Å². The minimum Gasteiger partial charge on any atom is -0.497 e. The second-order valence-corrected chi connectivity index (χ2v) is 13.5. The second-order valence-electron chi connectivity index (χ2n) is 13.5. The zero-order valence-corrected chi connectivity index (χ0v) is 29.8. The van der Waals surface area contributed by atoms with Crippen molar-refractivity contribution < 1.29 is 28.7 Å². The maximum absolute atomic E-state index is 13.7. The molecule has 5 N–H and O–H groups in total. The number of nitrogens with zero attached hydrogens (tertiary/aromatic N) is 2. The average Bonchev–Trinajstić information content (AvgIpc) is 3.02. The van der Waals surface area contributed by atoms with E-state index in [9.17, 15) is 28.8 Å². The SMILES string of the molecule is COc1ccc(C[C@@H]2NC(=O)[C@H](CC(C)C)NC(=O)CN(C(=O)CCc3c(C)nc(=O)[nH]c3C)C[C@H](C(C)C)NC(=O)[C@@H](C)NC2=O)cc1. The van der Waals surface area contributed by atoms with Crippen LogP contribution in [0, 0.1) is 25.7 Å². The number of ether oxygens (including phenoxy) is 1. The third kappa shape index (κ3) is 11.4. The van der Waals surface area contributed by atoms with Crippen molar-refractivity contribution in [1.29, 1.82) is 0 Å². The summed E-state index contributed by atoms with van der Waals surface area (Å²) in [6, 6.07) is 3.49. The van der Waals surface area contributed by atoms with E-state index in [1.54, 1.807) is 52.1 Å². The molecule has 1 aromatic heterocycles. The predicted molar refractivity (Wildman–Crippen MR) is 184 cm³/mol. The van der Waals surface area contributed by atoms with E-state index in [1.807, 2.05) is 27.7 Å². The number of aromatic nitrogens is 2. The molecule has 14 heteroatoms. The van der Waals surface area contributed by atoms with Gasteiger partial charge in [0, 0.05) is 36.8 Å². The van der Waals surface area contributed by atoms with E-state index in [4.69, 9.17) is 4.74 Å².